The molecule has 3 N–H and O–H groups in total. The predicted molar refractivity (Wildman–Crippen MR) is 65.2 cm³/mol. The minimum absolute atomic E-state index is 0.183. The average Bonchev–Trinajstić information content (AvgIpc) is 2.37. The summed E-state index contributed by atoms with van der Waals surface area (Å²) in [4.78, 5) is 0. The summed E-state index contributed by atoms with van der Waals surface area (Å²) in [5.74, 6) is 0. The zero-order chi connectivity index (χ0) is 12.3. The molecule has 4 nitrogen and oxygen atoms in total. The average molecular weight is 240 g/mol. The van der Waals surface area contributed by atoms with Gasteiger partial charge in [-0.2, -0.15) is 0 Å². The van der Waals surface area contributed by atoms with Gasteiger partial charge in [0.25, 0.3) is 0 Å². The van der Waals surface area contributed by atoms with Gasteiger partial charge in [-0.25, -0.2) is 0 Å². The first kappa shape index (κ1) is 14.1. The van der Waals surface area contributed by atoms with Gasteiger partial charge < -0.3 is 19.9 Å². The molecule has 0 saturated carbocycles. The number of ether oxygens (including phenoxy) is 3. The maximum Gasteiger partial charge on any atom is 0.155 e. The minimum Gasteiger partial charge on any atom is -0.374 e. The van der Waals surface area contributed by atoms with Crippen molar-refractivity contribution in [3.63, 3.8) is 0 Å². The molecule has 0 heterocycles. The van der Waals surface area contributed by atoms with Gasteiger partial charge in [-0.3, -0.25) is 0 Å². The fourth-order valence-corrected chi connectivity index (χ4v) is 1.33. The third-order valence-corrected chi connectivity index (χ3v) is 2.19. The van der Waals surface area contributed by atoms with Gasteiger partial charge in [-0.05, 0) is 12.5 Å². The van der Waals surface area contributed by atoms with Gasteiger partial charge >= 0.3 is 0 Å². The second-order valence-electron chi connectivity index (χ2n) is 3.70. The summed E-state index contributed by atoms with van der Waals surface area (Å²) in [5.41, 5.74) is 4.87. The molecule has 96 valence electrons. The summed E-state index contributed by atoms with van der Waals surface area (Å²) in [6.07, 6.45) is -0.183. The first-order valence-corrected chi connectivity index (χ1v) is 5.97. The molecule has 0 aliphatic heterocycles. The lowest BCUT2D eigenvalue weighted by molar-refractivity contribution is -0.378. The van der Waals surface area contributed by atoms with Crippen molar-refractivity contribution in [3.05, 3.63) is 35.9 Å². The van der Waals surface area contributed by atoms with Crippen molar-refractivity contribution in [3.8, 4) is 0 Å². The van der Waals surface area contributed by atoms with Crippen molar-refractivity contribution in [2.24, 2.45) is 0 Å². The molecule has 0 bridgehead atoms. The molecule has 1 aromatic rings. The van der Waals surface area contributed by atoms with Crippen LogP contribution in [0.4, 0.5) is 0 Å². The Hall–Kier alpha value is -0.940. The van der Waals surface area contributed by atoms with Gasteiger partial charge in [0.2, 0.25) is 0 Å². The van der Waals surface area contributed by atoms with E-state index in [2.05, 4.69) is 5.73 Å². The Morgan fingerprint density at radius 2 is 1.76 bits per heavy atom. The number of rotatable bonds is 9. The van der Waals surface area contributed by atoms with Crippen LogP contribution in [0.5, 0.6) is 0 Å². The summed E-state index contributed by atoms with van der Waals surface area (Å²) < 4.78 is 16.2. The number of hydrogen-bond acceptors (Lipinski definition) is 3. The standard InChI is InChI=1S/C13H21NO3/c1-12(16-8-7-14)17-10-9-15-11-13-5-3-2-4-6-13/h2-6,12H,7-11,14H2,1H3/p+1/t12-/m1/s1. The normalized spacial score (nSPS) is 12.6. The molecule has 0 aliphatic carbocycles. The monoisotopic (exact) mass is 240 g/mol. The van der Waals surface area contributed by atoms with Crippen LogP contribution in [0.1, 0.15) is 12.5 Å². The molecule has 0 unspecified atom stereocenters. The van der Waals surface area contributed by atoms with E-state index in [1.807, 2.05) is 37.3 Å². The maximum atomic E-state index is 5.48. The highest BCUT2D eigenvalue weighted by Crippen LogP contribution is 2.00. The summed E-state index contributed by atoms with van der Waals surface area (Å²) in [6.45, 7) is 5.02. The lowest BCUT2D eigenvalue weighted by atomic mass is 10.2. The van der Waals surface area contributed by atoms with Crippen LogP contribution in [0.3, 0.4) is 0 Å². The van der Waals surface area contributed by atoms with Gasteiger partial charge in [-0.1, -0.05) is 30.3 Å². The Bertz CT molecular complexity index is 279. The van der Waals surface area contributed by atoms with Crippen LogP contribution < -0.4 is 5.73 Å². The van der Waals surface area contributed by atoms with Crippen LogP contribution in [0.25, 0.3) is 0 Å². The first-order chi connectivity index (χ1) is 8.33. The van der Waals surface area contributed by atoms with E-state index in [9.17, 15) is 0 Å². The van der Waals surface area contributed by atoms with Crippen LogP contribution in [0.15, 0.2) is 30.3 Å². The van der Waals surface area contributed by atoms with Crippen molar-refractivity contribution < 1.29 is 19.9 Å². The highest BCUT2D eigenvalue weighted by atomic mass is 16.7. The lowest BCUT2D eigenvalue weighted by Crippen LogP contribution is -2.52. The van der Waals surface area contributed by atoms with Gasteiger partial charge in [-0.15, -0.1) is 0 Å². The van der Waals surface area contributed by atoms with E-state index in [0.717, 1.165) is 6.54 Å². The van der Waals surface area contributed by atoms with Crippen molar-refractivity contribution in [2.75, 3.05) is 26.4 Å². The first-order valence-electron chi connectivity index (χ1n) is 5.97. The van der Waals surface area contributed by atoms with E-state index in [-0.39, 0.29) is 6.29 Å². The molecule has 0 aromatic heterocycles. The Kier molecular flexibility index (Phi) is 7.58. The fraction of sp³-hybridized carbons (Fsp3) is 0.538. The molecule has 1 rings (SSSR count). The lowest BCUT2D eigenvalue weighted by Gasteiger charge is -2.12. The quantitative estimate of drug-likeness (QED) is 0.513. The second kappa shape index (κ2) is 9.13. The summed E-state index contributed by atoms with van der Waals surface area (Å²) in [7, 11) is 0. The third kappa shape index (κ3) is 7.07. The molecular weight excluding hydrogens is 218 g/mol. The molecule has 1 atom stereocenters. The van der Waals surface area contributed by atoms with Crippen LogP contribution in [0.2, 0.25) is 0 Å². The summed E-state index contributed by atoms with van der Waals surface area (Å²) in [6, 6.07) is 10.1. The smallest absolute Gasteiger partial charge is 0.155 e. The highest BCUT2D eigenvalue weighted by Gasteiger charge is 2.01. The second-order valence-corrected chi connectivity index (χ2v) is 3.70. The Labute approximate surface area is 103 Å². The Morgan fingerprint density at radius 1 is 1.06 bits per heavy atom. The van der Waals surface area contributed by atoms with Gasteiger partial charge in [0, 0.05) is 0 Å². The Morgan fingerprint density at radius 3 is 2.47 bits per heavy atom. The highest BCUT2D eigenvalue weighted by molar-refractivity contribution is 5.13. The van der Waals surface area contributed by atoms with Crippen molar-refractivity contribution in [2.45, 2.75) is 19.8 Å². The van der Waals surface area contributed by atoms with Crippen molar-refractivity contribution in [1.29, 1.82) is 0 Å². The van der Waals surface area contributed by atoms with Crippen LogP contribution in [0, 0.1) is 0 Å². The van der Waals surface area contributed by atoms with E-state index in [1.54, 1.807) is 0 Å². The zero-order valence-corrected chi connectivity index (χ0v) is 10.4. The largest absolute Gasteiger partial charge is 0.374 e. The van der Waals surface area contributed by atoms with E-state index < -0.39 is 0 Å². The van der Waals surface area contributed by atoms with Gasteiger partial charge in [0.1, 0.15) is 0 Å². The SMILES string of the molecule is C[C@H](OCC[NH3+])OCCOCc1ccccc1. The topological polar surface area (TPSA) is 55.3 Å². The van der Waals surface area contributed by atoms with Gasteiger partial charge in [0.05, 0.1) is 33.0 Å². The van der Waals surface area contributed by atoms with Crippen molar-refractivity contribution in [1.82, 2.24) is 0 Å². The number of benzene rings is 1. The molecule has 0 fully saturated rings. The van der Waals surface area contributed by atoms with Crippen LogP contribution >= 0.6 is 0 Å². The fourth-order valence-electron chi connectivity index (χ4n) is 1.33. The number of hydrogen-bond donors (Lipinski definition) is 1. The molecule has 0 spiro atoms. The molecule has 4 heteroatoms. The van der Waals surface area contributed by atoms with Crippen LogP contribution in [-0.2, 0) is 20.8 Å². The van der Waals surface area contributed by atoms with E-state index in [4.69, 9.17) is 14.2 Å². The molecule has 0 aliphatic rings. The van der Waals surface area contributed by atoms with E-state index >= 15 is 0 Å². The molecule has 1 aromatic carbocycles. The number of quaternary nitrogens is 1. The minimum atomic E-state index is -0.183. The summed E-state index contributed by atoms with van der Waals surface area (Å²) >= 11 is 0. The Balaban J connectivity index is 1.97. The van der Waals surface area contributed by atoms with Crippen LogP contribution in [-0.4, -0.2) is 32.7 Å². The predicted octanol–water partition coefficient (Wildman–Crippen LogP) is 0.824. The van der Waals surface area contributed by atoms with E-state index in [1.165, 1.54) is 5.56 Å². The summed E-state index contributed by atoms with van der Waals surface area (Å²) in [5, 5.41) is 0. The molecule has 0 saturated heterocycles. The molecular formula is C13H22NO3+. The molecule has 0 amide bonds. The molecule has 0 radical (unpaired) electrons. The van der Waals surface area contributed by atoms with Crippen molar-refractivity contribution >= 4 is 0 Å². The third-order valence-electron chi connectivity index (χ3n) is 2.19. The zero-order valence-electron chi connectivity index (χ0n) is 10.4. The molecule has 17 heavy (non-hydrogen) atoms. The maximum absolute atomic E-state index is 5.48. The van der Waals surface area contributed by atoms with E-state index in [0.29, 0.717) is 26.4 Å². The van der Waals surface area contributed by atoms with Gasteiger partial charge in [0.15, 0.2) is 6.29 Å².